The second kappa shape index (κ2) is 4.37. The van der Waals surface area contributed by atoms with Gasteiger partial charge in [-0.25, -0.2) is 0 Å². The van der Waals surface area contributed by atoms with Gasteiger partial charge < -0.3 is 10.8 Å². The first-order valence-electron chi connectivity index (χ1n) is 3.46. The van der Waals surface area contributed by atoms with Crippen LogP contribution in [0.4, 0.5) is 0 Å². The van der Waals surface area contributed by atoms with E-state index in [0.717, 1.165) is 14.5 Å². The highest BCUT2D eigenvalue weighted by Gasteiger charge is 2.05. The summed E-state index contributed by atoms with van der Waals surface area (Å²) in [4.78, 5) is 0. The van der Waals surface area contributed by atoms with Crippen molar-refractivity contribution in [1.29, 1.82) is 0 Å². The first-order chi connectivity index (χ1) is 5.65. The fourth-order valence-corrected chi connectivity index (χ4v) is 1.49. The van der Waals surface area contributed by atoms with Crippen LogP contribution in [0.5, 0.6) is 0 Å². The van der Waals surface area contributed by atoms with Gasteiger partial charge in [-0.2, -0.15) is 0 Å². The van der Waals surface area contributed by atoms with Gasteiger partial charge in [-0.1, -0.05) is 6.07 Å². The maximum Gasteiger partial charge on any atom is 0.0624 e. The number of hydrogen-bond donors (Lipinski definition) is 2. The van der Waals surface area contributed by atoms with Crippen molar-refractivity contribution in [2.75, 3.05) is 6.61 Å². The van der Waals surface area contributed by atoms with Crippen molar-refractivity contribution in [3.8, 4) is 0 Å². The summed E-state index contributed by atoms with van der Waals surface area (Å²) in [6, 6.07) is 5.38. The summed E-state index contributed by atoms with van der Waals surface area (Å²) in [5, 5.41) is 8.80. The molecule has 0 bridgehead atoms. The van der Waals surface area contributed by atoms with Crippen LogP contribution in [0.15, 0.2) is 27.1 Å². The van der Waals surface area contributed by atoms with Crippen LogP contribution < -0.4 is 5.73 Å². The number of aliphatic hydroxyl groups is 1. The van der Waals surface area contributed by atoms with Gasteiger partial charge in [0.1, 0.15) is 0 Å². The molecule has 1 aromatic rings. The van der Waals surface area contributed by atoms with Crippen LogP contribution in [-0.2, 0) is 0 Å². The van der Waals surface area contributed by atoms with Gasteiger partial charge in [-0.05, 0) is 49.6 Å². The first kappa shape index (κ1) is 10.2. The molecule has 3 N–H and O–H groups in total. The first-order valence-corrected chi connectivity index (χ1v) is 5.05. The van der Waals surface area contributed by atoms with E-state index in [1.165, 1.54) is 0 Å². The van der Waals surface area contributed by atoms with Gasteiger partial charge in [0.2, 0.25) is 0 Å². The van der Waals surface area contributed by atoms with Crippen molar-refractivity contribution in [3.05, 3.63) is 32.7 Å². The molecule has 0 aliphatic rings. The average molecular weight is 295 g/mol. The smallest absolute Gasteiger partial charge is 0.0624 e. The number of aliphatic hydroxyl groups excluding tert-OH is 1. The molecule has 66 valence electrons. The van der Waals surface area contributed by atoms with Crippen molar-refractivity contribution < 1.29 is 5.11 Å². The van der Waals surface area contributed by atoms with Crippen molar-refractivity contribution in [1.82, 2.24) is 0 Å². The Hall–Kier alpha value is 0.1000. The van der Waals surface area contributed by atoms with E-state index in [0.29, 0.717) is 0 Å². The molecule has 1 aromatic carbocycles. The topological polar surface area (TPSA) is 46.2 Å². The zero-order valence-corrected chi connectivity index (χ0v) is 9.47. The lowest BCUT2D eigenvalue weighted by Crippen LogP contribution is -2.14. The van der Waals surface area contributed by atoms with Crippen LogP contribution in [0.3, 0.4) is 0 Å². The van der Waals surface area contributed by atoms with Crippen molar-refractivity contribution in [2.24, 2.45) is 5.73 Å². The lowest BCUT2D eigenvalue weighted by Gasteiger charge is -2.08. The highest BCUT2D eigenvalue weighted by atomic mass is 79.9. The predicted molar refractivity (Wildman–Crippen MR) is 55.9 cm³/mol. The van der Waals surface area contributed by atoms with Crippen LogP contribution in [0, 0.1) is 0 Å². The Labute approximate surface area is 88.0 Å². The van der Waals surface area contributed by atoms with E-state index in [9.17, 15) is 0 Å². The summed E-state index contributed by atoms with van der Waals surface area (Å²) in [6.07, 6.45) is 0. The number of benzene rings is 1. The Morgan fingerprint density at radius 3 is 2.50 bits per heavy atom. The third kappa shape index (κ3) is 2.29. The van der Waals surface area contributed by atoms with E-state index in [1.807, 2.05) is 18.2 Å². The molecule has 0 aliphatic heterocycles. The van der Waals surface area contributed by atoms with Gasteiger partial charge in [0, 0.05) is 8.95 Å². The molecule has 0 saturated carbocycles. The van der Waals surface area contributed by atoms with Gasteiger partial charge in [0.05, 0.1) is 12.6 Å². The zero-order valence-electron chi connectivity index (χ0n) is 6.30. The highest BCUT2D eigenvalue weighted by Crippen LogP contribution is 2.25. The predicted octanol–water partition coefficient (Wildman–Crippen LogP) is 2.20. The molecule has 0 radical (unpaired) electrons. The van der Waals surface area contributed by atoms with Crippen molar-refractivity contribution in [3.63, 3.8) is 0 Å². The van der Waals surface area contributed by atoms with E-state index in [2.05, 4.69) is 31.9 Å². The standard InChI is InChI=1S/C8H9Br2NO/c9-6-2-1-5(3-7(6)10)8(11)4-12/h1-3,8,12H,4,11H2. The van der Waals surface area contributed by atoms with Crippen LogP contribution in [-0.4, -0.2) is 11.7 Å². The fraction of sp³-hybridized carbons (Fsp3) is 0.250. The second-order valence-corrected chi connectivity index (χ2v) is 4.17. The molecule has 4 heteroatoms. The van der Waals surface area contributed by atoms with Gasteiger partial charge in [0.25, 0.3) is 0 Å². The number of hydrogen-bond acceptors (Lipinski definition) is 2. The lowest BCUT2D eigenvalue weighted by atomic mass is 10.1. The molecule has 1 unspecified atom stereocenters. The third-order valence-corrected chi connectivity index (χ3v) is 3.45. The van der Waals surface area contributed by atoms with Gasteiger partial charge >= 0.3 is 0 Å². The summed E-state index contributed by atoms with van der Waals surface area (Å²) in [5.74, 6) is 0. The minimum absolute atomic E-state index is 0.0337. The molecule has 1 atom stereocenters. The van der Waals surface area contributed by atoms with E-state index in [-0.39, 0.29) is 12.6 Å². The molecule has 0 amide bonds. The van der Waals surface area contributed by atoms with Crippen LogP contribution >= 0.6 is 31.9 Å². The van der Waals surface area contributed by atoms with Gasteiger partial charge in [0.15, 0.2) is 0 Å². The molecule has 0 aromatic heterocycles. The summed E-state index contributed by atoms with van der Waals surface area (Å²) in [7, 11) is 0. The van der Waals surface area contributed by atoms with E-state index >= 15 is 0 Å². The summed E-state index contributed by atoms with van der Waals surface area (Å²) in [5.41, 5.74) is 6.55. The maximum absolute atomic E-state index is 8.80. The average Bonchev–Trinajstić information content (AvgIpc) is 2.08. The SMILES string of the molecule is NC(CO)c1ccc(Br)c(Br)c1. The van der Waals surface area contributed by atoms with Crippen LogP contribution in [0.25, 0.3) is 0 Å². The molecular formula is C8H9Br2NO. The normalized spacial score (nSPS) is 13.0. The van der Waals surface area contributed by atoms with Crippen molar-refractivity contribution in [2.45, 2.75) is 6.04 Å². The Bertz CT molecular complexity index is 278. The number of rotatable bonds is 2. The lowest BCUT2D eigenvalue weighted by molar-refractivity contribution is 0.268. The van der Waals surface area contributed by atoms with Crippen molar-refractivity contribution >= 4 is 31.9 Å². The largest absolute Gasteiger partial charge is 0.394 e. The van der Waals surface area contributed by atoms with Crippen LogP contribution in [0.2, 0.25) is 0 Å². The quantitative estimate of drug-likeness (QED) is 0.878. The maximum atomic E-state index is 8.80. The van der Waals surface area contributed by atoms with Gasteiger partial charge in [-0.15, -0.1) is 0 Å². The molecule has 0 aliphatic carbocycles. The summed E-state index contributed by atoms with van der Waals surface area (Å²) in [6.45, 7) is -0.0337. The monoisotopic (exact) mass is 293 g/mol. The number of nitrogens with two attached hydrogens (primary N) is 1. The van der Waals surface area contributed by atoms with Crippen LogP contribution in [0.1, 0.15) is 11.6 Å². The minimum Gasteiger partial charge on any atom is -0.394 e. The number of halogens is 2. The Kier molecular flexibility index (Phi) is 3.71. The summed E-state index contributed by atoms with van der Waals surface area (Å²) >= 11 is 6.71. The molecule has 12 heavy (non-hydrogen) atoms. The Morgan fingerprint density at radius 1 is 1.33 bits per heavy atom. The Balaban J connectivity index is 2.96. The highest BCUT2D eigenvalue weighted by molar-refractivity contribution is 9.13. The molecule has 0 spiro atoms. The molecule has 2 nitrogen and oxygen atoms in total. The minimum atomic E-state index is -0.297. The molecule has 0 saturated heterocycles. The zero-order chi connectivity index (χ0) is 9.14. The van der Waals surface area contributed by atoms with E-state index < -0.39 is 0 Å². The third-order valence-electron chi connectivity index (χ3n) is 1.57. The van der Waals surface area contributed by atoms with E-state index in [1.54, 1.807) is 0 Å². The Morgan fingerprint density at radius 2 is 2.00 bits per heavy atom. The molecule has 0 heterocycles. The molecule has 0 fully saturated rings. The summed E-state index contributed by atoms with van der Waals surface area (Å²) < 4.78 is 1.93. The second-order valence-electron chi connectivity index (χ2n) is 2.46. The van der Waals surface area contributed by atoms with Gasteiger partial charge in [-0.3, -0.25) is 0 Å². The fourth-order valence-electron chi connectivity index (χ4n) is 0.848. The molecular weight excluding hydrogens is 286 g/mol. The molecule has 1 rings (SSSR count). The van der Waals surface area contributed by atoms with E-state index in [4.69, 9.17) is 10.8 Å².